The van der Waals surface area contributed by atoms with Crippen LogP contribution in [0.1, 0.15) is 213 Å². The smallest absolute Gasteiger partial charge is 0.115 e. The second-order valence-electron chi connectivity index (χ2n) is 28.3. The van der Waals surface area contributed by atoms with Crippen molar-refractivity contribution >= 4 is 0 Å². The molecule has 0 saturated heterocycles. The molecule has 438 valence electrons. The summed E-state index contributed by atoms with van der Waals surface area (Å²) in [4.78, 5) is 0. The molecule has 0 amide bonds. The van der Waals surface area contributed by atoms with Gasteiger partial charge < -0.3 is 30.6 Å². The van der Waals surface area contributed by atoms with Crippen molar-refractivity contribution in [1.29, 1.82) is 0 Å². The lowest BCUT2D eigenvalue weighted by Gasteiger charge is -2.45. The van der Waals surface area contributed by atoms with E-state index in [1.807, 2.05) is 72.8 Å². The highest BCUT2D eigenvalue weighted by molar-refractivity contribution is 5.45. The lowest BCUT2D eigenvalue weighted by molar-refractivity contribution is 0.0706. The summed E-state index contributed by atoms with van der Waals surface area (Å²) in [7, 11) is 0. The van der Waals surface area contributed by atoms with Crippen LogP contribution in [0.5, 0.6) is 34.5 Å². The van der Waals surface area contributed by atoms with Crippen molar-refractivity contribution in [2.45, 2.75) is 196 Å². The highest BCUT2D eigenvalue weighted by Gasteiger charge is 2.42. The van der Waals surface area contributed by atoms with E-state index < -0.39 is 0 Å². The van der Waals surface area contributed by atoms with Crippen molar-refractivity contribution in [2.24, 2.45) is 51.8 Å². The Morgan fingerprint density at radius 3 is 0.617 bits per heavy atom. The summed E-state index contributed by atoms with van der Waals surface area (Å²) in [6.07, 6.45) is 18.7. The standard InChI is InChI=1S/3C25H34O2/c3*1-18-6-5-16-24(2,3)23(18)15-17-25(4,19-7-11-21(26)12-8-19)20-9-13-22(27)14-10-20/h3*7-14,18,23,26-27H,5-6,15-17H2,1-4H3. The Balaban J connectivity index is 0.000000175. The Morgan fingerprint density at radius 2 is 0.469 bits per heavy atom. The van der Waals surface area contributed by atoms with E-state index in [4.69, 9.17) is 0 Å². The van der Waals surface area contributed by atoms with Crippen LogP contribution in [0.4, 0.5) is 0 Å². The summed E-state index contributed by atoms with van der Waals surface area (Å²) in [5.74, 6) is 6.25. The molecule has 81 heavy (non-hydrogen) atoms. The fourth-order valence-electron chi connectivity index (χ4n) is 15.8. The van der Waals surface area contributed by atoms with E-state index in [0.29, 0.717) is 50.7 Å². The second-order valence-corrected chi connectivity index (χ2v) is 28.3. The van der Waals surface area contributed by atoms with Gasteiger partial charge in [0.15, 0.2) is 0 Å². The van der Waals surface area contributed by atoms with Crippen LogP contribution in [-0.4, -0.2) is 30.6 Å². The van der Waals surface area contributed by atoms with Gasteiger partial charge >= 0.3 is 0 Å². The minimum absolute atomic E-state index is 0.144. The van der Waals surface area contributed by atoms with E-state index in [-0.39, 0.29) is 16.2 Å². The number of hydrogen-bond donors (Lipinski definition) is 6. The molecule has 6 aromatic rings. The molecule has 0 heterocycles. The summed E-state index contributed by atoms with van der Waals surface area (Å²) in [6, 6.07) is 45.8. The molecule has 6 nitrogen and oxygen atoms in total. The van der Waals surface area contributed by atoms with E-state index >= 15 is 0 Å². The number of hydrogen-bond acceptors (Lipinski definition) is 6. The summed E-state index contributed by atoms with van der Waals surface area (Å²) in [5, 5.41) is 58.4. The minimum atomic E-state index is -0.144. The normalized spacial score (nSPS) is 22.5. The maximum Gasteiger partial charge on any atom is 0.115 e. The molecule has 9 rings (SSSR count). The topological polar surface area (TPSA) is 121 Å². The second kappa shape index (κ2) is 26.1. The van der Waals surface area contributed by atoms with Crippen LogP contribution in [0.3, 0.4) is 0 Å². The van der Waals surface area contributed by atoms with Gasteiger partial charge in [-0.25, -0.2) is 0 Å². The Bertz CT molecular complexity index is 2410. The van der Waals surface area contributed by atoms with Gasteiger partial charge in [-0.3, -0.25) is 0 Å². The molecule has 0 aromatic heterocycles. The molecule has 6 atom stereocenters. The van der Waals surface area contributed by atoms with Crippen molar-refractivity contribution in [3.63, 3.8) is 0 Å². The first-order valence-corrected chi connectivity index (χ1v) is 30.9. The monoisotopic (exact) mass is 1100 g/mol. The van der Waals surface area contributed by atoms with Crippen LogP contribution in [0.25, 0.3) is 0 Å². The molecule has 0 spiro atoms. The van der Waals surface area contributed by atoms with Gasteiger partial charge in [-0.2, -0.15) is 0 Å². The summed E-state index contributed by atoms with van der Waals surface area (Å²) in [6.45, 7) is 28.8. The molecule has 0 aliphatic heterocycles. The van der Waals surface area contributed by atoms with Gasteiger partial charge in [-0.1, -0.05) is 194 Å². The van der Waals surface area contributed by atoms with E-state index in [1.54, 1.807) is 72.8 Å². The van der Waals surface area contributed by atoms with Crippen LogP contribution >= 0.6 is 0 Å². The molecule has 6 aromatic carbocycles. The highest BCUT2D eigenvalue weighted by Crippen LogP contribution is 2.52. The van der Waals surface area contributed by atoms with E-state index in [1.165, 1.54) is 110 Å². The van der Waals surface area contributed by atoms with Crippen LogP contribution in [-0.2, 0) is 16.2 Å². The molecule has 6 heteroatoms. The van der Waals surface area contributed by atoms with E-state index in [9.17, 15) is 30.6 Å². The average molecular weight is 1100 g/mol. The number of aromatic hydroxyl groups is 6. The third-order valence-electron chi connectivity index (χ3n) is 21.4. The Kier molecular flexibility index (Phi) is 20.2. The van der Waals surface area contributed by atoms with Crippen molar-refractivity contribution in [3.8, 4) is 34.5 Å². The van der Waals surface area contributed by atoms with Gasteiger partial charge in [0.25, 0.3) is 0 Å². The fourth-order valence-corrected chi connectivity index (χ4v) is 15.8. The first-order chi connectivity index (χ1) is 38.2. The van der Waals surface area contributed by atoms with Crippen molar-refractivity contribution in [2.75, 3.05) is 0 Å². The maximum absolute atomic E-state index is 9.73. The summed E-state index contributed by atoms with van der Waals surface area (Å²) in [5.41, 5.74) is 8.03. The lowest BCUT2D eigenvalue weighted by Crippen LogP contribution is -2.35. The molecule has 6 N–H and O–H groups in total. The third-order valence-corrected chi connectivity index (χ3v) is 21.4. The first kappa shape index (κ1) is 62.7. The molecule has 0 bridgehead atoms. The number of rotatable bonds is 15. The summed E-state index contributed by atoms with van der Waals surface area (Å²) < 4.78 is 0. The van der Waals surface area contributed by atoms with Gasteiger partial charge in [-0.15, -0.1) is 0 Å². The Morgan fingerprint density at radius 1 is 0.309 bits per heavy atom. The molecule has 3 fully saturated rings. The molecule has 0 radical (unpaired) electrons. The molecular formula is C75H102O6. The largest absolute Gasteiger partial charge is 0.508 e. The maximum atomic E-state index is 9.73. The van der Waals surface area contributed by atoms with Crippen molar-refractivity contribution in [3.05, 3.63) is 179 Å². The van der Waals surface area contributed by atoms with Gasteiger partial charge in [0, 0.05) is 16.2 Å². The number of benzene rings is 6. The van der Waals surface area contributed by atoms with Crippen LogP contribution in [0.2, 0.25) is 0 Å². The van der Waals surface area contributed by atoms with Gasteiger partial charge in [-0.05, 0) is 216 Å². The molecular weight excluding hydrogens is 997 g/mol. The zero-order valence-corrected chi connectivity index (χ0v) is 51.6. The zero-order valence-electron chi connectivity index (χ0n) is 51.6. The van der Waals surface area contributed by atoms with Gasteiger partial charge in [0.2, 0.25) is 0 Å². The van der Waals surface area contributed by atoms with E-state index in [0.717, 1.165) is 54.8 Å². The predicted molar refractivity (Wildman–Crippen MR) is 337 cm³/mol. The van der Waals surface area contributed by atoms with Crippen LogP contribution < -0.4 is 0 Å². The van der Waals surface area contributed by atoms with Crippen molar-refractivity contribution in [1.82, 2.24) is 0 Å². The average Bonchev–Trinajstić information content (AvgIpc) is 3.63. The van der Waals surface area contributed by atoms with Gasteiger partial charge in [0.05, 0.1) is 0 Å². The highest BCUT2D eigenvalue weighted by atomic mass is 16.3. The quantitative estimate of drug-likeness (QED) is 0.0609. The van der Waals surface area contributed by atoms with Crippen molar-refractivity contribution < 1.29 is 30.6 Å². The fraction of sp³-hybridized carbons (Fsp3) is 0.520. The molecule has 3 saturated carbocycles. The van der Waals surface area contributed by atoms with Crippen LogP contribution in [0, 0.1) is 51.8 Å². The van der Waals surface area contributed by atoms with Gasteiger partial charge in [0.1, 0.15) is 34.5 Å². The van der Waals surface area contributed by atoms with Crippen LogP contribution in [0.15, 0.2) is 146 Å². The molecule has 3 aliphatic rings. The SMILES string of the molecule is CC1CCCC(C)(C)C1CCC(C)(c1ccc(O)cc1)c1ccc(O)cc1.CC1CCCC(C)(C)C1CCC(C)(c1ccc(O)cc1)c1ccc(O)cc1.CC1CCCC(C)(C)C1CCC(C)(c1ccc(O)cc1)c1ccc(O)cc1. The lowest BCUT2D eigenvalue weighted by atomic mass is 9.60. The zero-order chi connectivity index (χ0) is 59.0. The molecule has 3 aliphatic carbocycles. The Hall–Kier alpha value is -5.88. The van der Waals surface area contributed by atoms with E-state index in [2.05, 4.69) is 83.1 Å². The third kappa shape index (κ3) is 15.2. The predicted octanol–water partition coefficient (Wildman–Crippen LogP) is 19.9. The molecule has 6 unspecified atom stereocenters. The first-order valence-electron chi connectivity index (χ1n) is 30.9. The number of phenolic OH excluding ortho intramolecular Hbond substituents is 6. The minimum Gasteiger partial charge on any atom is -0.508 e. The summed E-state index contributed by atoms with van der Waals surface area (Å²) >= 11 is 0. The Labute approximate surface area is 489 Å². The number of phenols is 6.